The highest BCUT2D eigenvalue weighted by atomic mass is 16.5. The molecular weight excluding hydrogens is 180 g/mol. The first-order chi connectivity index (χ1) is 6.77. The zero-order chi connectivity index (χ0) is 9.97. The first kappa shape index (κ1) is 9.21. The smallest absolute Gasteiger partial charge is 0.227 e. The van der Waals surface area contributed by atoms with Crippen molar-refractivity contribution in [1.82, 2.24) is 9.97 Å². The van der Waals surface area contributed by atoms with Crippen LogP contribution in [0.5, 0.6) is 0 Å². The van der Waals surface area contributed by atoms with Crippen molar-refractivity contribution in [2.24, 2.45) is 0 Å². The third-order valence-corrected chi connectivity index (χ3v) is 2.43. The first-order valence-electron chi connectivity index (χ1n) is 4.66. The van der Waals surface area contributed by atoms with Crippen molar-refractivity contribution in [3.63, 3.8) is 0 Å². The Morgan fingerprint density at radius 1 is 1.64 bits per heavy atom. The third-order valence-electron chi connectivity index (χ3n) is 2.43. The molecule has 0 bridgehead atoms. The first-order valence-corrected chi connectivity index (χ1v) is 4.66. The summed E-state index contributed by atoms with van der Waals surface area (Å²) in [7, 11) is 1.97. The number of aromatic nitrogens is 2. The fourth-order valence-corrected chi connectivity index (χ4v) is 1.52. The quantitative estimate of drug-likeness (QED) is 0.732. The van der Waals surface area contributed by atoms with Gasteiger partial charge in [0.25, 0.3) is 0 Å². The van der Waals surface area contributed by atoms with Gasteiger partial charge in [0.2, 0.25) is 5.95 Å². The van der Waals surface area contributed by atoms with Crippen molar-refractivity contribution in [3.8, 4) is 0 Å². The number of nitrogens with two attached hydrogens (primary N) is 1. The molecule has 14 heavy (non-hydrogen) atoms. The predicted octanol–water partition coefficient (Wildman–Crippen LogP) is 0.284. The van der Waals surface area contributed by atoms with Crippen LogP contribution in [-0.2, 0) is 4.74 Å². The van der Waals surface area contributed by atoms with E-state index in [9.17, 15) is 0 Å². The molecule has 1 saturated heterocycles. The van der Waals surface area contributed by atoms with Crippen LogP contribution in [0.2, 0.25) is 0 Å². The fraction of sp³-hybridized carbons (Fsp3) is 0.556. The van der Waals surface area contributed by atoms with Gasteiger partial charge in [0, 0.05) is 19.9 Å². The number of hydrogen-bond acceptors (Lipinski definition) is 5. The summed E-state index contributed by atoms with van der Waals surface area (Å²) in [6, 6.07) is 2.06. The molecule has 1 aliphatic heterocycles. The molecule has 0 spiro atoms. The minimum absolute atomic E-state index is 0.372. The Hall–Kier alpha value is -1.36. The van der Waals surface area contributed by atoms with Crippen LogP contribution in [0.15, 0.2) is 12.3 Å². The Labute approximate surface area is 82.9 Å². The molecule has 2 N–H and O–H groups in total. The molecule has 5 heteroatoms. The van der Waals surface area contributed by atoms with Crippen molar-refractivity contribution in [2.45, 2.75) is 12.5 Å². The molecular formula is C9H14N4O. The number of rotatable bonds is 2. The van der Waals surface area contributed by atoms with Crippen LogP contribution in [0.25, 0.3) is 0 Å². The molecule has 1 aliphatic rings. The minimum atomic E-state index is 0.372. The molecule has 1 unspecified atom stereocenters. The molecule has 2 heterocycles. The molecule has 1 atom stereocenters. The molecule has 0 aromatic carbocycles. The van der Waals surface area contributed by atoms with Gasteiger partial charge in [-0.1, -0.05) is 0 Å². The molecule has 5 nitrogen and oxygen atoms in total. The highest BCUT2D eigenvalue weighted by Gasteiger charge is 2.21. The van der Waals surface area contributed by atoms with Crippen LogP contribution in [-0.4, -0.2) is 36.3 Å². The normalized spacial score (nSPS) is 21.1. The number of likely N-dealkylation sites (N-methyl/N-ethyl adjacent to an activating group) is 1. The number of nitrogens with zero attached hydrogens (tertiary/aromatic N) is 3. The van der Waals surface area contributed by atoms with Crippen LogP contribution in [0.1, 0.15) is 6.42 Å². The van der Waals surface area contributed by atoms with E-state index in [-0.39, 0.29) is 0 Å². The van der Waals surface area contributed by atoms with Crippen LogP contribution < -0.4 is 10.6 Å². The summed E-state index contributed by atoms with van der Waals surface area (Å²) in [6.45, 7) is 1.56. The van der Waals surface area contributed by atoms with E-state index in [1.165, 1.54) is 0 Å². The van der Waals surface area contributed by atoms with E-state index >= 15 is 0 Å². The summed E-state index contributed by atoms with van der Waals surface area (Å²) in [5.41, 5.74) is 5.59. The molecule has 2 rings (SSSR count). The van der Waals surface area contributed by atoms with Gasteiger partial charge >= 0.3 is 0 Å². The predicted molar refractivity (Wildman–Crippen MR) is 54.1 cm³/mol. The molecule has 0 saturated carbocycles. The number of nitrogen functional groups attached to an aromatic ring is 1. The van der Waals surface area contributed by atoms with Crippen LogP contribution in [0, 0.1) is 0 Å². The standard InChI is InChI=1S/C9H14N4O/c1-13(7-3-5-14-6-7)9-11-4-2-8(10)12-9/h2,4,7H,3,5-6H2,1H3,(H2,10,11,12). The van der Waals surface area contributed by atoms with E-state index in [4.69, 9.17) is 10.5 Å². The largest absolute Gasteiger partial charge is 0.384 e. The lowest BCUT2D eigenvalue weighted by molar-refractivity contribution is 0.193. The highest BCUT2D eigenvalue weighted by Crippen LogP contribution is 2.16. The van der Waals surface area contributed by atoms with Crippen molar-refractivity contribution in [3.05, 3.63) is 12.3 Å². The van der Waals surface area contributed by atoms with Gasteiger partial charge in [0.05, 0.1) is 12.6 Å². The maximum absolute atomic E-state index is 5.59. The van der Waals surface area contributed by atoms with Gasteiger partial charge in [-0.25, -0.2) is 4.98 Å². The fourth-order valence-electron chi connectivity index (χ4n) is 1.52. The highest BCUT2D eigenvalue weighted by molar-refractivity contribution is 5.37. The van der Waals surface area contributed by atoms with Gasteiger partial charge < -0.3 is 15.4 Å². The van der Waals surface area contributed by atoms with Gasteiger partial charge in [-0.3, -0.25) is 0 Å². The summed E-state index contributed by atoms with van der Waals surface area (Å²) in [6.07, 6.45) is 2.69. The molecule has 0 radical (unpaired) electrons. The monoisotopic (exact) mass is 194 g/mol. The third kappa shape index (κ3) is 1.77. The Morgan fingerprint density at radius 2 is 2.50 bits per heavy atom. The van der Waals surface area contributed by atoms with Crippen molar-refractivity contribution in [2.75, 3.05) is 30.9 Å². The van der Waals surface area contributed by atoms with E-state index in [2.05, 4.69) is 9.97 Å². The van der Waals surface area contributed by atoms with Crippen molar-refractivity contribution >= 4 is 11.8 Å². The van der Waals surface area contributed by atoms with E-state index in [0.29, 0.717) is 17.8 Å². The van der Waals surface area contributed by atoms with Gasteiger partial charge in [0.1, 0.15) is 5.82 Å². The van der Waals surface area contributed by atoms with Gasteiger partial charge in [0.15, 0.2) is 0 Å². The van der Waals surface area contributed by atoms with Gasteiger partial charge in [-0.05, 0) is 12.5 Å². The Bertz CT molecular complexity index is 311. The summed E-state index contributed by atoms with van der Waals surface area (Å²) < 4.78 is 5.30. The summed E-state index contributed by atoms with van der Waals surface area (Å²) >= 11 is 0. The summed E-state index contributed by atoms with van der Waals surface area (Å²) in [4.78, 5) is 10.3. The number of ether oxygens (including phenoxy) is 1. The SMILES string of the molecule is CN(c1nccc(N)n1)C1CCOC1. The van der Waals surface area contributed by atoms with E-state index in [1.54, 1.807) is 12.3 Å². The second-order valence-electron chi connectivity index (χ2n) is 3.41. The lowest BCUT2D eigenvalue weighted by Crippen LogP contribution is -2.33. The second kappa shape index (κ2) is 3.79. The maximum atomic E-state index is 5.59. The molecule has 1 fully saturated rings. The van der Waals surface area contributed by atoms with Crippen LogP contribution in [0.3, 0.4) is 0 Å². The lowest BCUT2D eigenvalue weighted by atomic mass is 10.2. The lowest BCUT2D eigenvalue weighted by Gasteiger charge is -2.22. The molecule has 1 aromatic heterocycles. The Morgan fingerprint density at radius 3 is 3.14 bits per heavy atom. The molecule has 76 valence electrons. The van der Waals surface area contributed by atoms with Gasteiger partial charge in [-0.2, -0.15) is 4.98 Å². The second-order valence-corrected chi connectivity index (χ2v) is 3.41. The van der Waals surface area contributed by atoms with E-state index in [0.717, 1.165) is 19.6 Å². The zero-order valence-corrected chi connectivity index (χ0v) is 8.18. The van der Waals surface area contributed by atoms with Crippen LogP contribution >= 0.6 is 0 Å². The zero-order valence-electron chi connectivity index (χ0n) is 8.18. The Kier molecular flexibility index (Phi) is 2.49. The minimum Gasteiger partial charge on any atom is -0.384 e. The van der Waals surface area contributed by atoms with Gasteiger partial charge in [-0.15, -0.1) is 0 Å². The average molecular weight is 194 g/mol. The van der Waals surface area contributed by atoms with E-state index < -0.39 is 0 Å². The summed E-state index contributed by atoms with van der Waals surface area (Å²) in [5, 5.41) is 0. The molecule has 1 aromatic rings. The van der Waals surface area contributed by atoms with Crippen molar-refractivity contribution < 1.29 is 4.74 Å². The Balaban J connectivity index is 2.13. The van der Waals surface area contributed by atoms with Crippen LogP contribution in [0.4, 0.5) is 11.8 Å². The maximum Gasteiger partial charge on any atom is 0.227 e. The summed E-state index contributed by atoms with van der Waals surface area (Å²) in [5.74, 6) is 1.17. The molecule has 0 aliphatic carbocycles. The topological polar surface area (TPSA) is 64.3 Å². The van der Waals surface area contributed by atoms with Crippen molar-refractivity contribution in [1.29, 1.82) is 0 Å². The number of hydrogen-bond donors (Lipinski definition) is 1. The van der Waals surface area contributed by atoms with E-state index in [1.807, 2.05) is 11.9 Å². The molecule has 0 amide bonds. The number of anilines is 2. The average Bonchev–Trinajstić information content (AvgIpc) is 2.69.